The molecule has 1 N–H and O–H groups in total. The first-order valence-electron chi connectivity index (χ1n) is 8.75. The van der Waals surface area contributed by atoms with Crippen molar-refractivity contribution in [2.45, 2.75) is 0 Å². The maximum atomic E-state index is 12.1. The number of para-hydroxylation sites is 1. The minimum absolute atomic E-state index is 0.207. The van der Waals surface area contributed by atoms with Crippen LogP contribution < -0.4 is 5.43 Å². The lowest BCUT2D eigenvalue weighted by Crippen LogP contribution is -2.17. The van der Waals surface area contributed by atoms with E-state index in [9.17, 15) is 14.9 Å². The highest BCUT2D eigenvalue weighted by Crippen LogP contribution is 2.27. The van der Waals surface area contributed by atoms with E-state index in [1.165, 1.54) is 30.7 Å². The van der Waals surface area contributed by atoms with E-state index in [-0.39, 0.29) is 5.76 Å². The van der Waals surface area contributed by atoms with E-state index in [1.54, 1.807) is 23.0 Å². The quantitative estimate of drug-likeness (QED) is 0.300. The van der Waals surface area contributed by atoms with Crippen molar-refractivity contribution >= 4 is 18.0 Å². The minimum atomic E-state index is -0.625. The molecule has 3 heterocycles. The maximum Gasteiger partial charge on any atom is 0.433 e. The zero-order valence-corrected chi connectivity index (χ0v) is 15.4. The third kappa shape index (κ3) is 3.97. The van der Waals surface area contributed by atoms with Gasteiger partial charge in [0.15, 0.2) is 5.76 Å². The predicted molar refractivity (Wildman–Crippen MR) is 107 cm³/mol. The Morgan fingerprint density at radius 1 is 1.13 bits per heavy atom. The van der Waals surface area contributed by atoms with Gasteiger partial charge in [0.25, 0.3) is 5.91 Å². The molecule has 1 aromatic carbocycles. The highest BCUT2D eigenvalue weighted by Gasteiger charge is 2.19. The summed E-state index contributed by atoms with van der Waals surface area (Å²) in [6.07, 6.45) is 6.09. The van der Waals surface area contributed by atoms with Gasteiger partial charge in [-0.3, -0.25) is 19.9 Å². The smallest absolute Gasteiger partial charge is 0.399 e. The number of hydrogen-bond acceptors (Lipinski definition) is 7. The van der Waals surface area contributed by atoms with Gasteiger partial charge in [-0.2, -0.15) is 10.2 Å². The Balaban J connectivity index is 1.65. The molecular weight excluding hydrogens is 388 g/mol. The molecular formula is C20H14N6O4. The third-order valence-electron chi connectivity index (χ3n) is 4.08. The average molecular weight is 402 g/mol. The number of nitrogens with zero attached hydrogens (tertiary/aromatic N) is 5. The molecule has 0 saturated carbocycles. The first-order valence-corrected chi connectivity index (χ1v) is 8.75. The number of furan rings is 1. The van der Waals surface area contributed by atoms with E-state index in [0.717, 1.165) is 5.69 Å². The molecule has 4 rings (SSSR count). The number of rotatable bonds is 6. The van der Waals surface area contributed by atoms with Crippen LogP contribution in [-0.2, 0) is 0 Å². The molecule has 3 aromatic heterocycles. The van der Waals surface area contributed by atoms with Gasteiger partial charge >= 0.3 is 5.88 Å². The van der Waals surface area contributed by atoms with Gasteiger partial charge in [-0.15, -0.1) is 0 Å². The molecule has 0 radical (unpaired) electrons. The topological polar surface area (TPSA) is 128 Å². The second-order valence-electron chi connectivity index (χ2n) is 6.04. The zero-order valence-electron chi connectivity index (χ0n) is 15.4. The Morgan fingerprint density at radius 2 is 1.90 bits per heavy atom. The average Bonchev–Trinajstić information content (AvgIpc) is 3.42. The number of nitro groups is 1. The Bertz CT molecular complexity index is 1210. The fraction of sp³-hybridized carbons (Fsp3) is 0. The molecule has 10 heteroatoms. The molecule has 0 aliphatic carbocycles. The van der Waals surface area contributed by atoms with Crippen molar-refractivity contribution in [2.75, 3.05) is 0 Å². The van der Waals surface area contributed by atoms with Crippen LogP contribution in [0.25, 0.3) is 17.1 Å². The first-order chi connectivity index (χ1) is 14.6. The van der Waals surface area contributed by atoms with Gasteiger partial charge in [0, 0.05) is 29.7 Å². The van der Waals surface area contributed by atoms with Crippen molar-refractivity contribution in [1.29, 1.82) is 0 Å². The molecule has 1 amide bonds. The fourth-order valence-corrected chi connectivity index (χ4v) is 2.67. The molecule has 148 valence electrons. The third-order valence-corrected chi connectivity index (χ3v) is 4.08. The van der Waals surface area contributed by atoms with Crippen LogP contribution in [0.3, 0.4) is 0 Å². The van der Waals surface area contributed by atoms with Gasteiger partial charge in [0.2, 0.25) is 0 Å². The molecule has 0 bridgehead atoms. The Hall–Kier alpha value is -4.60. The monoisotopic (exact) mass is 402 g/mol. The minimum Gasteiger partial charge on any atom is -0.399 e. The van der Waals surface area contributed by atoms with Gasteiger partial charge in [-0.25, -0.2) is 10.1 Å². The summed E-state index contributed by atoms with van der Waals surface area (Å²) in [7, 11) is 0. The maximum absolute atomic E-state index is 12.1. The molecule has 4 aromatic rings. The summed E-state index contributed by atoms with van der Waals surface area (Å²) in [5.41, 5.74) is 4.45. The summed E-state index contributed by atoms with van der Waals surface area (Å²) in [6, 6.07) is 15.1. The Kier molecular flexibility index (Phi) is 5.12. The summed E-state index contributed by atoms with van der Waals surface area (Å²) >= 11 is 0. The number of carbonyl (C=O) groups is 1. The van der Waals surface area contributed by atoms with Crippen LogP contribution in [0.5, 0.6) is 0 Å². The highest BCUT2D eigenvalue weighted by molar-refractivity contribution is 5.95. The molecule has 0 atom stereocenters. The molecule has 0 unspecified atom stereocenters. The van der Waals surface area contributed by atoms with Gasteiger partial charge in [0.05, 0.1) is 18.0 Å². The summed E-state index contributed by atoms with van der Waals surface area (Å²) < 4.78 is 6.88. The number of hydrogen-bond donors (Lipinski definition) is 1. The van der Waals surface area contributed by atoms with Crippen LogP contribution in [-0.4, -0.2) is 31.8 Å². The lowest BCUT2D eigenvalue weighted by atomic mass is 10.2. The van der Waals surface area contributed by atoms with Crippen LogP contribution >= 0.6 is 0 Å². The second kappa shape index (κ2) is 8.19. The number of hydrazone groups is 1. The lowest BCUT2D eigenvalue weighted by molar-refractivity contribution is -0.401. The van der Waals surface area contributed by atoms with Gasteiger partial charge in [-0.1, -0.05) is 18.2 Å². The van der Waals surface area contributed by atoms with E-state index in [0.29, 0.717) is 16.8 Å². The fourth-order valence-electron chi connectivity index (χ4n) is 2.67. The van der Waals surface area contributed by atoms with Crippen molar-refractivity contribution < 1.29 is 14.1 Å². The van der Waals surface area contributed by atoms with Crippen molar-refractivity contribution in [3.8, 4) is 17.1 Å². The van der Waals surface area contributed by atoms with Crippen LogP contribution in [0.4, 0.5) is 5.88 Å². The largest absolute Gasteiger partial charge is 0.433 e. The molecule has 10 nitrogen and oxygen atoms in total. The van der Waals surface area contributed by atoms with Gasteiger partial charge in [-0.05, 0) is 30.3 Å². The highest BCUT2D eigenvalue weighted by atomic mass is 16.6. The predicted octanol–water partition coefficient (Wildman–Crippen LogP) is 3.20. The molecule has 0 saturated heterocycles. The van der Waals surface area contributed by atoms with Gasteiger partial charge in [0.1, 0.15) is 10.6 Å². The van der Waals surface area contributed by atoms with E-state index >= 15 is 0 Å². The normalized spacial score (nSPS) is 10.9. The van der Waals surface area contributed by atoms with E-state index in [1.807, 2.05) is 30.3 Å². The van der Waals surface area contributed by atoms with E-state index in [4.69, 9.17) is 4.42 Å². The molecule has 0 aliphatic heterocycles. The number of aromatic nitrogens is 3. The van der Waals surface area contributed by atoms with Crippen LogP contribution in [0.1, 0.15) is 15.9 Å². The number of carbonyl (C=O) groups excluding carboxylic acids is 1. The van der Waals surface area contributed by atoms with E-state index in [2.05, 4.69) is 20.6 Å². The second-order valence-corrected chi connectivity index (χ2v) is 6.04. The van der Waals surface area contributed by atoms with Crippen LogP contribution in [0, 0.1) is 10.1 Å². The van der Waals surface area contributed by atoms with Crippen molar-refractivity contribution in [3.05, 3.63) is 94.4 Å². The van der Waals surface area contributed by atoms with Crippen LogP contribution in [0.2, 0.25) is 0 Å². The van der Waals surface area contributed by atoms with Crippen molar-refractivity contribution in [3.63, 3.8) is 0 Å². The Morgan fingerprint density at radius 3 is 2.60 bits per heavy atom. The van der Waals surface area contributed by atoms with Gasteiger partial charge < -0.3 is 4.42 Å². The number of benzene rings is 1. The number of amides is 1. The standard InChI is InChI=1S/C20H14N6O4/c27-20(14-8-10-21-11-9-14)23-22-12-15-13-25(16-4-2-1-3-5-16)24-19(15)17-6-7-18(30-17)26(28)29/h1-13H,(H,23,27)/b22-12+. The Labute approximate surface area is 169 Å². The SMILES string of the molecule is O=C(N/N=C/c1cn(-c2ccccc2)nc1-c1ccc([N+](=O)[O-])o1)c1ccncc1. The lowest BCUT2D eigenvalue weighted by Gasteiger charge is -1.98. The summed E-state index contributed by atoms with van der Waals surface area (Å²) in [5.74, 6) is -0.592. The van der Waals surface area contributed by atoms with Crippen LogP contribution in [0.15, 0.2) is 82.7 Å². The first kappa shape index (κ1) is 18.7. The summed E-state index contributed by atoms with van der Waals surface area (Å²) in [5, 5.41) is 19.4. The summed E-state index contributed by atoms with van der Waals surface area (Å²) in [6.45, 7) is 0. The van der Waals surface area contributed by atoms with Crippen molar-refractivity contribution in [2.24, 2.45) is 5.10 Å². The molecule has 30 heavy (non-hydrogen) atoms. The molecule has 0 spiro atoms. The van der Waals surface area contributed by atoms with E-state index < -0.39 is 16.7 Å². The number of pyridine rings is 1. The molecule has 0 fully saturated rings. The zero-order chi connectivity index (χ0) is 20.9. The molecule has 0 aliphatic rings. The number of nitrogens with one attached hydrogen (secondary N) is 1. The summed E-state index contributed by atoms with van der Waals surface area (Å²) in [4.78, 5) is 26.3. The van der Waals surface area contributed by atoms with Crippen molar-refractivity contribution in [1.82, 2.24) is 20.2 Å².